The zero-order chi connectivity index (χ0) is 12.8. The third-order valence-electron chi connectivity index (χ3n) is 4.13. The lowest BCUT2D eigenvalue weighted by atomic mass is 9.93. The first-order valence-corrected chi connectivity index (χ1v) is 7.35. The van der Waals surface area contributed by atoms with Crippen LogP contribution in [0.5, 0.6) is 0 Å². The molecule has 2 aliphatic rings. The molecular formula is C14H28N2O2. The lowest BCUT2D eigenvalue weighted by Crippen LogP contribution is -2.46. The van der Waals surface area contributed by atoms with Crippen molar-refractivity contribution in [2.45, 2.75) is 50.2 Å². The van der Waals surface area contributed by atoms with Gasteiger partial charge in [0.25, 0.3) is 0 Å². The molecule has 1 atom stereocenters. The Bertz CT molecular complexity index is 240. The minimum absolute atomic E-state index is 0.0862. The Morgan fingerprint density at radius 1 is 1.28 bits per heavy atom. The summed E-state index contributed by atoms with van der Waals surface area (Å²) in [6, 6.07) is 0. The number of likely N-dealkylation sites (N-methyl/N-ethyl adjacent to an activating group) is 1. The monoisotopic (exact) mass is 256 g/mol. The molecular weight excluding hydrogens is 228 g/mol. The molecule has 1 heterocycles. The Kier molecular flexibility index (Phi) is 5.42. The summed E-state index contributed by atoms with van der Waals surface area (Å²) in [4.78, 5) is 2.29. The summed E-state index contributed by atoms with van der Waals surface area (Å²) in [7, 11) is 2.13. The van der Waals surface area contributed by atoms with Crippen molar-refractivity contribution in [3.8, 4) is 0 Å². The topological polar surface area (TPSA) is 47.7 Å². The van der Waals surface area contributed by atoms with Gasteiger partial charge < -0.3 is 20.1 Å². The van der Waals surface area contributed by atoms with Gasteiger partial charge in [-0.25, -0.2) is 0 Å². The van der Waals surface area contributed by atoms with E-state index in [2.05, 4.69) is 11.9 Å². The molecule has 1 saturated heterocycles. The highest BCUT2D eigenvalue weighted by Crippen LogP contribution is 2.25. The van der Waals surface area contributed by atoms with Gasteiger partial charge in [0, 0.05) is 18.6 Å². The maximum atomic E-state index is 6.43. The van der Waals surface area contributed by atoms with Gasteiger partial charge in [0.1, 0.15) is 0 Å². The number of nitrogens with zero attached hydrogens (tertiary/aromatic N) is 1. The predicted octanol–water partition coefficient (Wildman–Crippen LogP) is 1.39. The van der Waals surface area contributed by atoms with Gasteiger partial charge in [-0.05, 0) is 19.9 Å². The minimum atomic E-state index is -0.0862. The van der Waals surface area contributed by atoms with Crippen molar-refractivity contribution in [1.82, 2.24) is 4.90 Å². The lowest BCUT2D eigenvalue weighted by Gasteiger charge is -2.32. The normalized spacial score (nSPS) is 30.0. The summed E-state index contributed by atoms with van der Waals surface area (Å²) in [6.45, 7) is 4.19. The highest BCUT2D eigenvalue weighted by Gasteiger charge is 2.27. The smallest absolute Gasteiger partial charge is 0.0935 e. The summed E-state index contributed by atoms with van der Waals surface area (Å²) in [5.41, 5.74) is 6.34. The van der Waals surface area contributed by atoms with Crippen molar-refractivity contribution >= 4 is 0 Å². The summed E-state index contributed by atoms with van der Waals surface area (Å²) in [5, 5.41) is 0. The number of rotatable bonds is 4. The second-order valence-corrected chi connectivity index (χ2v) is 6.05. The van der Waals surface area contributed by atoms with Crippen LogP contribution in [-0.2, 0) is 9.47 Å². The molecule has 2 N–H and O–H groups in total. The first-order chi connectivity index (χ1) is 8.68. The zero-order valence-electron chi connectivity index (χ0n) is 11.7. The van der Waals surface area contributed by atoms with E-state index in [0.29, 0.717) is 13.2 Å². The molecule has 1 aliphatic heterocycles. The van der Waals surface area contributed by atoms with E-state index in [-0.39, 0.29) is 11.6 Å². The minimum Gasteiger partial charge on any atom is -0.377 e. The Labute approximate surface area is 111 Å². The van der Waals surface area contributed by atoms with Crippen molar-refractivity contribution in [3.05, 3.63) is 0 Å². The van der Waals surface area contributed by atoms with Gasteiger partial charge in [-0.3, -0.25) is 0 Å². The molecule has 0 amide bonds. The van der Waals surface area contributed by atoms with Gasteiger partial charge in [0.15, 0.2) is 0 Å². The summed E-state index contributed by atoms with van der Waals surface area (Å²) >= 11 is 0. The number of hydrogen-bond acceptors (Lipinski definition) is 4. The van der Waals surface area contributed by atoms with Crippen molar-refractivity contribution in [1.29, 1.82) is 0 Å². The highest BCUT2D eigenvalue weighted by atomic mass is 16.5. The summed E-state index contributed by atoms with van der Waals surface area (Å²) < 4.78 is 11.5. The highest BCUT2D eigenvalue weighted by molar-refractivity contribution is 4.86. The molecule has 2 fully saturated rings. The molecule has 18 heavy (non-hydrogen) atoms. The van der Waals surface area contributed by atoms with Crippen LogP contribution in [0.25, 0.3) is 0 Å². The van der Waals surface area contributed by atoms with Gasteiger partial charge >= 0.3 is 0 Å². The van der Waals surface area contributed by atoms with E-state index in [1.807, 2.05) is 0 Å². The van der Waals surface area contributed by atoms with Crippen molar-refractivity contribution < 1.29 is 9.47 Å². The third-order valence-corrected chi connectivity index (χ3v) is 4.13. The fourth-order valence-corrected chi connectivity index (χ4v) is 2.94. The van der Waals surface area contributed by atoms with Gasteiger partial charge in [-0.2, -0.15) is 0 Å². The molecule has 0 spiro atoms. The quantitative estimate of drug-likeness (QED) is 0.772. The van der Waals surface area contributed by atoms with Crippen molar-refractivity contribution in [2.75, 3.05) is 40.0 Å². The van der Waals surface area contributed by atoms with E-state index in [9.17, 15) is 0 Å². The fraction of sp³-hybridized carbons (Fsp3) is 1.00. The van der Waals surface area contributed by atoms with Gasteiger partial charge in [0.05, 0.1) is 25.9 Å². The van der Waals surface area contributed by atoms with E-state index >= 15 is 0 Å². The van der Waals surface area contributed by atoms with Crippen LogP contribution < -0.4 is 5.73 Å². The number of morpholine rings is 1. The van der Waals surface area contributed by atoms with E-state index < -0.39 is 0 Å². The molecule has 4 heteroatoms. The second-order valence-electron chi connectivity index (χ2n) is 6.05. The largest absolute Gasteiger partial charge is 0.377 e. The van der Waals surface area contributed by atoms with Crippen LogP contribution in [0.2, 0.25) is 0 Å². The van der Waals surface area contributed by atoms with E-state index in [4.69, 9.17) is 15.2 Å². The third kappa shape index (κ3) is 4.50. The van der Waals surface area contributed by atoms with Crippen molar-refractivity contribution in [3.63, 3.8) is 0 Å². The first kappa shape index (κ1) is 14.3. The van der Waals surface area contributed by atoms with E-state index in [1.54, 1.807) is 0 Å². The first-order valence-electron chi connectivity index (χ1n) is 7.35. The van der Waals surface area contributed by atoms with Crippen LogP contribution >= 0.6 is 0 Å². The molecule has 0 aromatic rings. The number of nitrogens with two attached hydrogens (primary N) is 1. The van der Waals surface area contributed by atoms with Crippen LogP contribution in [0, 0.1) is 0 Å². The Morgan fingerprint density at radius 3 is 2.67 bits per heavy atom. The Morgan fingerprint density at radius 2 is 2.00 bits per heavy atom. The molecule has 4 nitrogen and oxygen atoms in total. The predicted molar refractivity (Wildman–Crippen MR) is 72.7 cm³/mol. The SMILES string of the molecule is CN1CCOC(COCC2(N)CCCCCC2)C1. The van der Waals surface area contributed by atoms with Crippen LogP contribution in [0.15, 0.2) is 0 Å². The molecule has 1 aliphatic carbocycles. The van der Waals surface area contributed by atoms with Gasteiger partial charge in [-0.1, -0.05) is 25.7 Å². The van der Waals surface area contributed by atoms with E-state index in [0.717, 1.165) is 32.5 Å². The molecule has 0 aromatic heterocycles. The van der Waals surface area contributed by atoms with Gasteiger partial charge in [0.2, 0.25) is 0 Å². The maximum absolute atomic E-state index is 6.43. The zero-order valence-corrected chi connectivity index (χ0v) is 11.7. The fourth-order valence-electron chi connectivity index (χ4n) is 2.94. The Balaban J connectivity index is 1.67. The standard InChI is InChI=1S/C14H28N2O2/c1-16-8-9-18-13(10-16)11-17-12-14(15)6-4-2-3-5-7-14/h13H,2-12,15H2,1H3. The van der Waals surface area contributed by atoms with Crippen LogP contribution in [0.3, 0.4) is 0 Å². The molecule has 1 unspecified atom stereocenters. The lowest BCUT2D eigenvalue weighted by molar-refractivity contribution is -0.0701. The van der Waals surface area contributed by atoms with E-state index in [1.165, 1.54) is 25.7 Å². The number of hydrogen-bond donors (Lipinski definition) is 1. The molecule has 0 radical (unpaired) electrons. The average Bonchev–Trinajstić information content (AvgIpc) is 2.55. The van der Waals surface area contributed by atoms with Crippen LogP contribution in [-0.4, -0.2) is 56.5 Å². The molecule has 0 aromatic carbocycles. The molecule has 1 saturated carbocycles. The molecule has 2 rings (SSSR count). The average molecular weight is 256 g/mol. The second kappa shape index (κ2) is 6.85. The number of ether oxygens (including phenoxy) is 2. The van der Waals surface area contributed by atoms with Crippen LogP contribution in [0.1, 0.15) is 38.5 Å². The molecule has 0 bridgehead atoms. The molecule has 106 valence electrons. The summed E-state index contributed by atoms with van der Waals surface area (Å²) in [5.74, 6) is 0. The maximum Gasteiger partial charge on any atom is 0.0935 e. The van der Waals surface area contributed by atoms with Crippen LogP contribution in [0.4, 0.5) is 0 Å². The summed E-state index contributed by atoms with van der Waals surface area (Å²) in [6.07, 6.45) is 7.60. The Hall–Kier alpha value is -0.160. The van der Waals surface area contributed by atoms with Gasteiger partial charge in [-0.15, -0.1) is 0 Å². The van der Waals surface area contributed by atoms with Crippen molar-refractivity contribution in [2.24, 2.45) is 5.73 Å².